The molecular formula is C50H73N9O15. The Morgan fingerprint density at radius 3 is 1.53 bits per heavy atom. The molecule has 1 aliphatic heterocycles. The van der Waals surface area contributed by atoms with Crippen LogP contribution in [0.25, 0.3) is 0 Å². The Bertz CT molecular complexity index is 2160. The second-order valence-electron chi connectivity index (χ2n) is 18.4. The summed E-state index contributed by atoms with van der Waals surface area (Å²) in [7, 11) is 0. The maximum atomic E-state index is 13.9. The Hall–Kier alpha value is -7.02. The summed E-state index contributed by atoms with van der Waals surface area (Å²) in [5.74, 6) is -6.83. The number of carbonyl (C=O) groups excluding carboxylic acids is 5. The van der Waals surface area contributed by atoms with Gasteiger partial charge in [-0.3, -0.25) is 58.0 Å². The third-order valence-electron chi connectivity index (χ3n) is 12.2. The Morgan fingerprint density at radius 1 is 0.541 bits per heavy atom. The molecule has 408 valence electrons. The van der Waals surface area contributed by atoms with Crippen molar-refractivity contribution in [2.24, 2.45) is 0 Å². The number of hydrogen-bond donors (Lipinski definition) is 9. The van der Waals surface area contributed by atoms with Gasteiger partial charge in [0.05, 0.1) is 32.2 Å². The van der Waals surface area contributed by atoms with Crippen LogP contribution < -0.4 is 21.3 Å². The van der Waals surface area contributed by atoms with Gasteiger partial charge in [-0.1, -0.05) is 42.0 Å². The highest BCUT2D eigenvalue weighted by molar-refractivity contribution is 5.94. The number of nitrogens with zero attached hydrogens (tertiary/aromatic N) is 5. The second-order valence-corrected chi connectivity index (χ2v) is 18.4. The maximum Gasteiger partial charge on any atom is 0.326 e. The molecule has 0 unspecified atom stereocenters. The normalized spacial score (nSPS) is 15.0. The van der Waals surface area contributed by atoms with E-state index in [1.54, 1.807) is 43.9 Å². The first-order valence-corrected chi connectivity index (χ1v) is 24.7. The highest BCUT2D eigenvalue weighted by Gasteiger charge is 2.25. The number of aliphatic carboxylic acids is 5. The van der Waals surface area contributed by atoms with Crippen molar-refractivity contribution in [3.8, 4) is 0 Å². The number of hydrogen-bond acceptors (Lipinski definition) is 14. The van der Waals surface area contributed by atoms with E-state index in [0.29, 0.717) is 50.9 Å². The number of carbonyl (C=O) groups is 10. The number of urea groups is 1. The minimum Gasteiger partial charge on any atom is -0.481 e. The number of carboxylic acids is 5. The smallest absolute Gasteiger partial charge is 0.326 e. The van der Waals surface area contributed by atoms with Crippen molar-refractivity contribution in [2.45, 2.75) is 90.4 Å². The summed E-state index contributed by atoms with van der Waals surface area (Å²) in [6.07, 6.45) is 1.39. The van der Waals surface area contributed by atoms with Gasteiger partial charge in [-0.15, -0.1) is 0 Å². The van der Waals surface area contributed by atoms with Gasteiger partial charge in [0.1, 0.15) is 6.04 Å². The van der Waals surface area contributed by atoms with Gasteiger partial charge < -0.3 is 51.7 Å². The van der Waals surface area contributed by atoms with E-state index in [1.807, 2.05) is 36.1 Å². The molecular weight excluding hydrogens is 967 g/mol. The number of benzene rings is 2. The molecule has 1 fully saturated rings. The minimum atomic E-state index is -1.31. The third-order valence-corrected chi connectivity index (χ3v) is 12.2. The van der Waals surface area contributed by atoms with Gasteiger partial charge in [-0.25, -0.2) is 9.59 Å². The van der Waals surface area contributed by atoms with Crippen molar-refractivity contribution in [1.82, 2.24) is 45.8 Å². The van der Waals surface area contributed by atoms with Crippen molar-refractivity contribution in [3.05, 3.63) is 70.8 Å². The Morgan fingerprint density at radius 2 is 1.04 bits per heavy atom. The van der Waals surface area contributed by atoms with E-state index in [0.717, 1.165) is 16.7 Å². The lowest BCUT2D eigenvalue weighted by Crippen LogP contribution is -2.50. The topological polar surface area (TPSA) is 336 Å². The van der Waals surface area contributed by atoms with Crippen LogP contribution in [0.3, 0.4) is 0 Å². The molecule has 74 heavy (non-hydrogen) atoms. The number of ketones is 1. The quantitative estimate of drug-likeness (QED) is 0.0488. The van der Waals surface area contributed by atoms with Crippen LogP contribution in [0.4, 0.5) is 4.79 Å². The molecule has 3 rings (SSSR count). The predicted molar refractivity (Wildman–Crippen MR) is 268 cm³/mol. The molecule has 0 saturated carbocycles. The molecule has 0 radical (unpaired) electrons. The largest absolute Gasteiger partial charge is 0.481 e. The summed E-state index contributed by atoms with van der Waals surface area (Å²) >= 11 is 0. The number of carboxylic acid groups (broad SMARTS) is 5. The van der Waals surface area contributed by atoms with Crippen LogP contribution in [0.2, 0.25) is 0 Å². The molecule has 0 spiro atoms. The monoisotopic (exact) mass is 1040 g/mol. The molecule has 0 aliphatic carbocycles. The summed E-state index contributed by atoms with van der Waals surface area (Å²) in [5.41, 5.74) is 3.07. The average Bonchev–Trinajstić information content (AvgIpc) is 3.33. The fraction of sp³-hybridized carbons (Fsp3) is 0.560. The van der Waals surface area contributed by atoms with Gasteiger partial charge in [0.2, 0.25) is 11.8 Å². The molecule has 24 nitrogen and oxygen atoms in total. The van der Waals surface area contributed by atoms with Crippen LogP contribution in [0.1, 0.15) is 85.3 Å². The molecule has 2 atom stereocenters. The standard InChI is InChI=1S/C50H73N9O15/c1-35-9-11-38(12-10-35)30-59(20-6-4-7-41(49(72)73)54-50(74)53-40(36(2)60)17-18-44(63)64)48(71)39-15-13-37(14-16-39)29-52-42(61)8-3-5-19-51-43(62)31-55-21-23-56(32-45(65)66)25-27-58(34-47(69)70)28-26-57(24-22-55)33-46(67)68/h9-16,40-41H,3-8,17-34H2,1-2H3,(H,51,62)(H,52,61)(H,63,64)(H,65,66)(H,67,68)(H,69,70)(H,72,73)(H2,53,54,74)/t40-,41-/m1/s1. The lowest BCUT2D eigenvalue weighted by molar-refractivity contribution is -0.140. The highest BCUT2D eigenvalue weighted by atomic mass is 16.4. The third kappa shape index (κ3) is 25.6. The number of Topliss-reactive ketones (excluding diaryl/α,β-unsaturated/α-hetero) is 1. The van der Waals surface area contributed by atoms with Crippen molar-refractivity contribution in [3.63, 3.8) is 0 Å². The van der Waals surface area contributed by atoms with Crippen molar-refractivity contribution in [1.29, 1.82) is 0 Å². The van der Waals surface area contributed by atoms with E-state index in [4.69, 9.17) is 5.11 Å². The molecule has 5 amide bonds. The first-order chi connectivity index (χ1) is 35.2. The molecule has 9 N–H and O–H groups in total. The van der Waals surface area contributed by atoms with Gasteiger partial charge in [0.15, 0.2) is 5.78 Å². The Kier molecular flexibility index (Phi) is 27.3. The first kappa shape index (κ1) is 61.3. The van der Waals surface area contributed by atoms with Crippen LogP contribution >= 0.6 is 0 Å². The SMILES string of the molecule is CC(=O)[C@@H](CCC(=O)O)NC(=O)N[C@H](CCCCN(Cc1ccc(C)cc1)C(=O)c1ccc(CNC(=O)CCCCNC(=O)CN2CCN(CC(=O)O)CCN(CC(=O)O)CCN(CC(=O)O)CC2)cc1)C(=O)O. The van der Waals surface area contributed by atoms with E-state index in [9.17, 15) is 68.4 Å². The van der Waals surface area contributed by atoms with E-state index in [1.165, 1.54) is 6.92 Å². The number of unbranched alkanes of at least 4 members (excludes halogenated alkanes) is 2. The van der Waals surface area contributed by atoms with Gasteiger partial charge >= 0.3 is 35.9 Å². The molecule has 24 heteroatoms. The number of nitrogens with one attached hydrogen (secondary N) is 4. The number of amides is 5. The molecule has 0 bridgehead atoms. The van der Waals surface area contributed by atoms with Crippen LogP contribution in [-0.2, 0) is 51.4 Å². The lowest BCUT2D eigenvalue weighted by Gasteiger charge is -2.32. The van der Waals surface area contributed by atoms with Gasteiger partial charge in [0, 0.05) is 96.9 Å². The average molecular weight is 1040 g/mol. The van der Waals surface area contributed by atoms with E-state index >= 15 is 0 Å². The van der Waals surface area contributed by atoms with E-state index < -0.39 is 53.7 Å². The molecule has 0 aromatic heterocycles. The zero-order valence-corrected chi connectivity index (χ0v) is 42.3. The summed E-state index contributed by atoms with van der Waals surface area (Å²) in [4.78, 5) is 130. The molecule has 1 heterocycles. The molecule has 2 aromatic rings. The van der Waals surface area contributed by atoms with Crippen LogP contribution in [0.15, 0.2) is 48.5 Å². The summed E-state index contributed by atoms with van der Waals surface area (Å²) in [6, 6.07) is 11.2. The van der Waals surface area contributed by atoms with Crippen LogP contribution in [0.5, 0.6) is 0 Å². The van der Waals surface area contributed by atoms with Gasteiger partial charge in [-0.05, 0) is 75.6 Å². The van der Waals surface area contributed by atoms with Crippen molar-refractivity contribution < 1.29 is 73.5 Å². The first-order valence-electron chi connectivity index (χ1n) is 24.7. The van der Waals surface area contributed by atoms with Crippen molar-refractivity contribution in [2.75, 3.05) is 91.6 Å². The zero-order chi connectivity index (χ0) is 54.6. The Labute approximate surface area is 430 Å². The van der Waals surface area contributed by atoms with Crippen LogP contribution in [-0.4, -0.2) is 213 Å². The second kappa shape index (κ2) is 32.9. The van der Waals surface area contributed by atoms with Gasteiger partial charge in [0.25, 0.3) is 5.91 Å². The summed E-state index contributed by atoms with van der Waals surface area (Å²) in [6.45, 7) is 5.56. The number of aryl methyl sites for hydroxylation is 1. The molecule has 2 aromatic carbocycles. The fourth-order valence-corrected chi connectivity index (χ4v) is 8.00. The van der Waals surface area contributed by atoms with Crippen LogP contribution in [0, 0.1) is 6.92 Å². The summed E-state index contributed by atoms with van der Waals surface area (Å²) in [5, 5.41) is 57.5. The lowest BCUT2D eigenvalue weighted by atomic mass is 10.1. The minimum absolute atomic E-state index is 0.0189. The zero-order valence-electron chi connectivity index (χ0n) is 42.3. The molecule has 1 saturated heterocycles. The van der Waals surface area contributed by atoms with Gasteiger partial charge in [-0.2, -0.15) is 0 Å². The fourth-order valence-electron chi connectivity index (χ4n) is 8.00. The van der Waals surface area contributed by atoms with Crippen molar-refractivity contribution >= 4 is 59.4 Å². The molecule has 1 aliphatic rings. The maximum absolute atomic E-state index is 13.9. The Balaban J connectivity index is 1.48. The number of rotatable bonds is 30. The highest BCUT2D eigenvalue weighted by Crippen LogP contribution is 2.15. The van der Waals surface area contributed by atoms with E-state index in [2.05, 4.69) is 21.3 Å². The van der Waals surface area contributed by atoms with E-state index in [-0.39, 0.29) is 128 Å². The predicted octanol–water partition coefficient (Wildman–Crippen LogP) is 0.761. The summed E-state index contributed by atoms with van der Waals surface area (Å²) < 4.78 is 0.